The molecule has 130 valence electrons. The molecule has 1 aromatic rings. The number of anilines is 1. The van der Waals surface area contributed by atoms with Crippen LogP contribution in [0.1, 0.15) is 15.9 Å². The Morgan fingerprint density at radius 3 is 2.56 bits per heavy atom. The summed E-state index contributed by atoms with van der Waals surface area (Å²) in [5, 5.41) is 19.9. The van der Waals surface area contributed by atoms with Gasteiger partial charge in [-0.15, -0.1) is 0 Å². The van der Waals surface area contributed by atoms with Gasteiger partial charge in [0.2, 0.25) is 0 Å². The first kappa shape index (κ1) is 18.2. The minimum absolute atomic E-state index is 0.178. The molecule has 0 radical (unpaired) electrons. The Kier molecular flexibility index (Phi) is 4.89. The quantitative estimate of drug-likeness (QED) is 0.603. The Labute approximate surface area is 138 Å². The highest BCUT2D eigenvalue weighted by Gasteiger charge is 2.41. The second-order valence-electron chi connectivity index (χ2n) is 4.90. The van der Waals surface area contributed by atoms with Gasteiger partial charge in [-0.2, -0.15) is 18.4 Å². The van der Waals surface area contributed by atoms with Gasteiger partial charge in [0.15, 0.2) is 0 Å². The molecule has 1 heterocycles. The van der Waals surface area contributed by atoms with Crippen molar-refractivity contribution in [3.63, 3.8) is 0 Å². The van der Waals surface area contributed by atoms with Crippen molar-refractivity contribution in [2.24, 2.45) is 0 Å². The van der Waals surface area contributed by atoms with Crippen LogP contribution in [0.5, 0.6) is 0 Å². The predicted octanol–water partition coefficient (Wildman–Crippen LogP) is 0.960. The van der Waals surface area contributed by atoms with Crippen LogP contribution in [-0.4, -0.2) is 46.9 Å². The van der Waals surface area contributed by atoms with Gasteiger partial charge >= 0.3 is 6.18 Å². The third-order valence-corrected chi connectivity index (χ3v) is 3.25. The van der Waals surface area contributed by atoms with Crippen molar-refractivity contribution in [1.82, 2.24) is 4.90 Å². The molecule has 0 aliphatic carbocycles. The number of carbonyl (C=O) groups excluding carboxylic acids is 3. The van der Waals surface area contributed by atoms with E-state index in [4.69, 9.17) is 10.4 Å². The number of nitrogens with one attached hydrogen (secondary N) is 1. The number of nitriles is 1. The van der Waals surface area contributed by atoms with Crippen LogP contribution in [0, 0.1) is 11.3 Å². The molecule has 0 saturated heterocycles. The van der Waals surface area contributed by atoms with Crippen LogP contribution < -0.4 is 5.32 Å². The van der Waals surface area contributed by atoms with Crippen LogP contribution in [-0.2, 0) is 9.59 Å². The summed E-state index contributed by atoms with van der Waals surface area (Å²) < 4.78 is 38.2. The highest BCUT2D eigenvalue weighted by atomic mass is 19.4. The van der Waals surface area contributed by atoms with E-state index in [1.165, 1.54) is 0 Å². The Morgan fingerprint density at radius 1 is 1.32 bits per heavy atom. The van der Waals surface area contributed by atoms with E-state index in [9.17, 15) is 27.6 Å². The van der Waals surface area contributed by atoms with E-state index in [0.717, 1.165) is 24.3 Å². The van der Waals surface area contributed by atoms with Crippen molar-refractivity contribution >= 4 is 23.3 Å². The number of imide groups is 1. The first-order valence-electron chi connectivity index (χ1n) is 6.80. The molecule has 7 nitrogen and oxygen atoms in total. The molecule has 0 bridgehead atoms. The van der Waals surface area contributed by atoms with Crippen molar-refractivity contribution in [3.05, 3.63) is 41.1 Å². The number of halogens is 3. The normalized spacial score (nSPS) is 14.4. The number of amides is 2. The minimum atomic E-state index is -5.18. The van der Waals surface area contributed by atoms with Gasteiger partial charge in [0.05, 0.1) is 30.3 Å². The smallest absolute Gasteiger partial charge is 0.395 e. The number of aliphatic hydroxyl groups excluding tert-OH is 1. The molecule has 2 rings (SSSR count). The number of hydrogen-bond acceptors (Lipinski definition) is 6. The van der Waals surface area contributed by atoms with E-state index >= 15 is 0 Å². The molecular formula is C15H10F3N3O4. The first-order chi connectivity index (χ1) is 11.7. The zero-order valence-electron chi connectivity index (χ0n) is 12.4. The second-order valence-corrected chi connectivity index (χ2v) is 4.90. The number of alkyl halides is 3. The summed E-state index contributed by atoms with van der Waals surface area (Å²) in [6.45, 7) is -0.756. The number of ketones is 1. The van der Waals surface area contributed by atoms with E-state index in [1.54, 1.807) is 6.07 Å². The summed E-state index contributed by atoms with van der Waals surface area (Å²) in [6.07, 6.45) is -4.34. The zero-order chi connectivity index (χ0) is 18.8. The van der Waals surface area contributed by atoms with Gasteiger partial charge < -0.3 is 10.4 Å². The molecule has 2 amide bonds. The monoisotopic (exact) mass is 353 g/mol. The largest absolute Gasteiger partial charge is 0.454 e. The topological polar surface area (TPSA) is 110 Å². The molecule has 0 unspecified atom stereocenters. The van der Waals surface area contributed by atoms with Crippen molar-refractivity contribution in [2.45, 2.75) is 6.18 Å². The first-order valence-corrected chi connectivity index (χ1v) is 6.80. The fourth-order valence-electron chi connectivity index (χ4n) is 2.12. The number of rotatable bonds is 5. The summed E-state index contributed by atoms with van der Waals surface area (Å²) in [4.78, 5) is 35.9. The Hall–Kier alpha value is -3.19. The maximum Gasteiger partial charge on any atom is 0.454 e. The van der Waals surface area contributed by atoms with E-state index < -0.39 is 35.9 Å². The van der Waals surface area contributed by atoms with Gasteiger partial charge in [0, 0.05) is 11.8 Å². The summed E-state index contributed by atoms with van der Waals surface area (Å²) in [6, 6.07) is 4.54. The number of Topliss-reactive ketones (excluding diaryl/α,β-unsaturated/α-hetero) is 1. The lowest BCUT2D eigenvalue weighted by molar-refractivity contribution is -0.137. The summed E-state index contributed by atoms with van der Waals surface area (Å²) in [7, 11) is 0. The maximum absolute atomic E-state index is 12.7. The standard InChI is InChI=1S/C15H10F3N3O4/c16-15(17,18)13(24)9-5-8(7-19)1-2-10(9)20-11-6-12(23)21(3-4-22)14(11)25/h1-2,5-6,20,22H,3-4H2. The van der Waals surface area contributed by atoms with Crippen LogP contribution in [0.4, 0.5) is 18.9 Å². The fraction of sp³-hybridized carbons (Fsp3) is 0.200. The molecule has 0 atom stereocenters. The van der Waals surface area contributed by atoms with E-state index in [2.05, 4.69) is 5.32 Å². The number of aliphatic hydroxyl groups is 1. The average Bonchev–Trinajstić information content (AvgIpc) is 2.81. The van der Waals surface area contributed by atoms with Crippen LogP contribution in [0.15, 0.2) is 30.0 Å². The van der Waals surface area contributed by atoms with E-state index in [0.29, 0.717) is 4.90 Å². The SMILES string of the molecule is N#Cc1ccc(NC2=CC(=O)N(CCO)C2=O)c(C(=O)C(F)(F)F)c1. The lowest BCUT2D eigenvalue weighted by Gasteiger charge is -2.15. The predicted molar refractivity (Wildman–Crippen MR) is 77.1 cm³/mol. The molecule has 0 aromatic heterocycles. The van der Waals surface area contributed by atoms with Crippen LogP contribution in [0.3, 0.4) is 0 Å². The minimum Gasteiger partial charge on any atom is -0.395 e. The van der Waals surface area contributed by atoms with Crippen LogP contribution in [0.2, 0.25) is 0 Å². The average molecular weight is 353 g/mol. The molecule has 0 fully saturated rings. The molecule has 0 spiro atoms. The molecule has 10 heteroatoms. The van der Waals surface area contributed by atoms with Crippen LogP contribution >= 0.6 is 0 Å². The lowest BCUT2D eigenvalue weighted by Crippen LogP contribution is -2.34. The van der Waals surface area contributed by atoms with Gasteiger partial charge in [-0.1, -0.05) is 0 Å². The van der Waals surface area contributed by atoms with Crippen molar-refractivity contribution in [1.29, 1.82) is 5.26 Å². The van der Waals surface area contributed by atoms with Crippen molar-refractivity contribution in [2.75, 3.05) is 18.5 Å². The zero-order valence-corrected chi connectivity index (χ0v) is 12.4. The molecule has 25 heavy (non-hydrogen) atoms. The van der Waals surface area contributed by atoms with Gasteiger partial charge in [-0.05, 0) is 18.2 Å². The molecule has 1 aliphatic heterocycles. The second kappa shape index (κ2) is 6.74. The molecule has 2 N–H and O–H groups in total. The van der Waals surface area contributed by atoms with Gasteiger partial charge in [-0.3, -0.25) is 19.3 Å². The summed E-state index contributed by atoms with van der Waals surface area (Å²) >= 11 is 0. The van der Waals surface area contributed by atoms with Gasteiger partial charge in [0.1, 0.15) is 5.70 Å². The van der Waals surface area contributed by atoms with Crippen molar-refractivity contribution < 1.29 is 32.7 Å². The Bertz CT molecular complexity index is 824. The number of nitrogens with zero attached hydrogens (tertiary/aromatic N) is 2. The van der Waals surface area contributed by atoms with Crippen LogP contribution in [0.25, 0.3) is 0 Å². The number of benzene rings is 1. The summed E-state index contributed by atoms with van der Waals surface area (Å²) in [5.41, 5.74) is -1.75. The van der Waals surface area contributed by atoms with Gasteiger partial charge in [0.25, 0.3) is 17.6 Å². The number of hydrogen-bond donors (Lipinski definition) is 2. The Balaban J connectivity index is 2.39. The highest BCUT2D eigenvalue weighted by Crippen LogP contribution is 2.28. The molecule has 1 aliphatic rings. The number of carbonyl (C=O) groups is 3. The highest BCUT2D eigenvalue weighted by molar-refractivity contribution is 6.18. The number of β-amino-alcohol motifs (C(OH)–C–C–N with tert-alkyl or cyclic N) is 1. The van der Waals surface area contributed by atoms with E-state index in [-0.39, 0.29) is 23.5 Å². The molecule has 0 saturated carbocycles. The molecular weight excluding hydrogens is 343 g/mol. The fourth-order valence-corrected chi connectivity index (χ4v) is 2.12. The third kappa shape index (κ3) is 3.67. The summed E-state index contributed by atoms with van der Waals surface area (Å²) in [5.74, 6) is -3.80. The maximum atomic E-state index is 12.7. The van der Waals surface area contributed by atoms with Gasteiger partial charge in [-0.25, -0.2) is 0 Å². The van der Waals surface area contributed by atoms with E-state index in [1.807, 2.05) is 0 Å². The Morgan fingerprint density at radius 2 is 2.00 bits per heavy atom. The van der Waals surface area contributed by atoms with Crippen molar-refractivity contribution in [3.8, 4) is 6.07 Å². The third-order valence-electron chi connectivity index (χ3n) is 3.25. The lowest BCUT2D eigenvalue weighted by atomic mass is 10.0. The molecule has 1 aromatic carbocycles.